The van der Waals surface area contributed by atoms with Crippen LogP contribution in [0.4, 0.5) is 6.01 Å². The highest BCUT2D eigenvalue weighted by molar-refractivity contribution is 5.74. The molecule has 2 aromatic rings. The van der Waals surface area contributed by atoms with Crippen LogP contribution in [-0.4, -0.2) is 11.5 Å². The smallest absolute Gasteiger partial charge is 0.295 e. The molecule has 0 aliphatic rings. The summed E-state index contributed by atoms with van der Waals surface area (Å²) < 4.78 is 5.50. The van der Waals surface area contributed by atoms with Crippen LogP contribution < -0.4 is 5.32 Å². The molecule has 0 saturated heterocycles. The summed E-state index contributed by atoms with van der Waals surface area (Å²) in [5.41, 5.74) is 2.98. The zero-order valence-electron chi connectivity index (χ0n) is 8.95. The lowest BCUT2D eigenvalue weighted by Gasteiger charge is -1.95. The number of oxazole rings is 1. The molecule has 0 bridgehead atoms. The van der Waals surface area contributed by atoms with E-state index < -0.39 is 0 Å². The monoisotopic (exact) mass is 202 g/mol. The van der Waals surface area contributed by atoms with Gasteiger partial charge in [-0.2, -0.15) is 4.98 Å². The number of rotatable bonds is 3. The van der Waals surface area contributed by atoms with E-state index in [-0.39, 0.29) is 0 Å². The standard InChI is InChI=1S/C12H14N2O/c1-9(2)7-8-13-12-14-10-5-3-4-6-11(10)15-12/h3-7H,8H2,1-2H3,(H,13,14). The van der Waals surface area contributed by atoms with E-state index in [1.807, 2.05) is 24.3 Å². The number of nitrogens with zero attached hydrogens (tertiary/aromatic N) is 1. The van der Waals surface area contributed by atoms with Gasteiger partial charge in [-0.1, -0.05) is 23.8 Å². The number of fused-ring (bicyclic) bond motifs is 1. The molecular formula is C12H14N2O. The van der Waals surface area contributed by atoms with Crippen LogP contribution in [0.5, 0.6) is 0 Å². The molecule has 0 amide bonds. The summed E-state index contributed by atoms with van der Waals surface area (Å²) in [6, 6.07) is 8.31. The summed E-state index contributed by atoms with van der Waals surface area (Å²) in [6.45, 7) is 4.87. The fourth-order valence-electron chi connectivity index (χ4n) is 1.29. The maximum absolute atomic E-state index is 5.50. The molecule has 0 atom stereocenters. The van der Waals surface area contributed by atoms with Crippen molar-refractivity contribution in [2.24, 2.45) is 0 Å². The first-order valence-electron chi connectivity index (χ1n) is 4.98. The third-order valence-corrected chi connectivity index (χ3v) is 2.06. The predicted octanol–water partition coefficient (Wildman–Crippen LogP) is 3.21. The van der Waals surface area contributed by atoms with Crippen LogP contribution >= 0.6 is 0 Å². The van der Waals surface area contributed by atoms with Gasteiger partial charge in [0.25, 0.3) is 6.01 Å². The van der Waals surface area contributed by atoms with E-state index in [4.69, 9.17) is 4.42 Å². The first-order chi connectivity index (χ1) is 7.25. The van der Waals surface area contributed by atoms with Crippen LogP contribution in [0.1, 0.15) is 13.8 Å². The molecule has 1 aromatic carbocycles. The normalized spacial score (nSPS) is 10.3. The summed E-state index contributed by atoms with van der Waals surface area (Å²) in [6.07, 6.45) is 2.09. The highest BCUT2D eigenvalue weighted by Crippen LogP contribution is 2.17. The van der Waals surface area contributed by atoms with Crippen molar-refractivity contribution < 1.29 is 4.42 Å². The molecular weight excluding hydrogens is 188 g/mol. The van der Waals surface area contributed by atoms with Crippen LogP contribution in [0.15, 0.2) is 40.3 Å². The van der Waals surface area contributed by atoms with Crippen molar-refractivity contribution in [1.29, 1.82) is 0 Å². The molecule has 1 N–H and O–H groups in total. The number of allylic oxidation sites excluding steroid dienone is 1. The van der Waals surface area contributed by atoms with E-state index in [1.54, 1.807) is 0 Å². The molecule has 0 aliphatic carbocycles. The van der Waals surface area contributed by atoms with Crippen molar-refractivity contribution >= 4 is 17.1 Å². The van der Waals surface area contributed by atoms with Crippen LogP contribution in [0, 0.1) is 0 Å². The van der Waals surface area contributed by atoms with E-state index in [9.17, 15) is 0 Å². The fraction of sp³-hybridized carbons (Fsp3) is 0.250. The van der Waals surface area contributed by atoms with Gasteiger partial charge in [-0.3, -0.25) is 0 Å². The van der Waals surface area contributed by atoms with Crippen molar-refractivity contribution in [3.05, 3.63) is 35.9 Å². The number of benzene rings is 1. The zero-order valence-corrected chi connectivity index (χ0v) is 8.95. The van der Waals surface area contributed by atoms with Gasteiger partial charge >= 0.3 is 0 Å². The SMILES string of the molecule is CC(C)=CCNc1nc2ccccc2o1. The molecule has 0 saturated carbocycles. The van der Waals surface area contributed by atoms with Crippen LogP contribution in [0.25, 0.3) is 11.1 Å². The summed E-state index contributed by atoms with van der Waals surface area (Å²) in [7, 11) is 0. The second kappa shape index (κ2) is 4.17. The number of anilines is 1. The van der Waals surface area contributed by atoms with E-state index in [0.717, 1.165) is 17.6 Å². The summed E-state index contributed by atoms with van der Waals surface area (Å²) in [5, 5.41) is 3.11. The fourth-order valence-corrected chi connectivity index (χ4v) is 1.29. The molecule has 1 heterocycles. The van der Waals surface area contributed by atoms with Crippen molar-refractivity contribution in [3.63, 3.8) is 0 Å². The number of para-hydroxylation sites is 2. The minimum absolute atomic E-state index is 0.578. The van der Waals surface area contributed by atoms with Gasteiger partial charge in [0, 0.05) is 6.54 Å². The van der Waals surface area contributed by atoms with Gasteiger partial charge in [0.1, 0.15) is 5.52 Å². The Balaban J connectivity index is 2.12. The van der Waals surface area contributed by atoms with Gasteiger partial charge in [-0.05, 0) is 26.0 Å². The second-order valence-electron chi connectivity index (χ2n) is 3.65. The molecule has 78 valence electrons. The average Bonchev–Trinajstić information content (AvgIpc) is 2.59. The Morgan fingerprint density at radius 2 is 2.20 bits per heavy atom. The lowest BCUT2D eigenvalue weighted by molar-refractivity contribution is 0.618. The molecule has 2 rings (SSSR count). The lowest BCUT2D eigenvalue weighted by atomic mass is 10.3. The maximum atomic E-state index is 5.50. The summed E-state index contributed by atoms with van der Waals surface area (Å²) in [5.74, 6) is 0. The highest BCUT2D eigenvalue weighted by atomic mass is 16.4. The molecule has 0 aliphatic heterocycles. The minimum atomic E-state index is 0.578. The molecule has 0 fully saturated rings. The first-order valence-corrected chi connectivity index (χ1v) is 4.98. The van der Waals surface area contributed by atoms with Crippen LogP contribution in [-0.2, 0) is 0 Å². The predicted molar refractivity (Wildman–Crippen MR) is 61.9 cm³/mol. The van der Waals surface area contributed by atoms with Crippen molar-refractivity contribution in [1.82, 2.24) is 4.98 Å². The molecule has 0 spiro atoms. The number of hydrogen-bond acceptors (Lipinski definition) is 3. The van der Waals surface area contributed by atoms with Crippen molar-refractivity contribution in [2.75, 3.05) is 11.9 Å². The quantitative estimate of drug-likeness (QED) is 0.776. The van der Waals surface area contributed by atoms with E-state index in [1.165, 1.54) is 5.57 Å². The zero-order chi connectivity index (χ0) is 10.7. The van der Waals surface area contributed by atoms with Crippen molar-refractivity contribution in [2.45, 2.75) is 13.8 Å². The second-order valence-corrected chi connectivity index (χ2v) is 3.65. The molecule has 0 radical (unpaired) electrons. The van der Waals surface area contributed by atoms with E-state index >= 15 is 0 Å². The van der Waals surface area contributed by atoms with Gasteiger partial charge in [0.15, 0.2) is 5.58 Å². The Kier molecular flexibility index (Phi) is 2.72. The molecule has 1 aromatic heterocycles. The largest absolute Gasteiger partial charge is 0.424 e. The average molecular weight is 202 g/mol. The number of aromatic nitrogens is 1. The lowest BCUT2D eigenvalue weighted by Crippen LogP contribution is -1.98. The minimum Gasteiger partial charge on any atom is -0.424 e. The summed E-state index contributed by atoms with van der Waals surface area (Å²) in [4.78, 5) is 4.30. The van der Waals surface area contributed by atoms with Crippen LogP contribution in [0.3, 0.4) is 0 Å². The molecule has 0 unspecified atom stereocenters. The highest BCUT2D eigenvalue weighted by Gasteiger charge is 2.02. The van der Waals surface area contributed by atoms with Crippen LogP contribution in [0.2, 0.25) is 0 Å². The Labute approximate surface area is 88.8 Å². The van der Waals surface area contributed by atoms with Crippen molar-refractivity contribution in [3.8, 4) is 0 Å². The molecule has 3 heteroatoms. The van der Waals surface area contributed by atoms with E-state index in [2.05, 4.69) is 30.2 Å². The van der Waals surface area contributed by atoms with Gasteiger partial charge in [-0.25, -0.2) is 0 Å². The van der Waals surface area contributed by atoms with E-state index in [0.29, 0.717) is 6.01 Å². The number of hydrogen-bond donors (Lipinski definition) is 1. The maximum Gasteiger partial charge on any atom is 0.295 e. The first kappa shape index (κ1) is 9.77. The Morgan fingerprint density at radius 1 is 1.40 bits per heavy atom. The van der Waals surface area contributed by atoms with Gasteiger partial charge in [0.05, 0.1) is 0 Å². The molecule has 3 nitrogen and oxygen atoms in total. The summed E-state index contributed by atoms with van der Waals surface area (Å²) >= 11 is 0. The Hall–Kier alpha value is -1.77. The Bertz CT molecular complexity index is 448. The third-order valence-electron chi connectivity index (χ3n) is 2.06. The van der Waals surface area contributed by atoms with Gasteiger partial charge < -0.3 is 9.73 Å². The Morgan fingerprint density at radius 3 is 2.93 bits per heavy atom. The van der Waals surface area contributed by atoms with Gasteiger partial charge in [-0.15, -0.1) is 0 Å². The third kappa shape index (κ3) is 2.37. The molecule has 15 heavy (non-hydrogen) atoms. The number of nitrogens with one attached hydrogen (secondary N) is 1. The van der Waals surface area contributed by atoms with Gasteiger partial charge in [0.2, 0.25) is 0 Å². The topological polar surface area (TPSA) is 38.1 Å².